The highest BCUT2D eigenvalue weighted by molar-refractivity contribution is 5.93. The lowest BCUT2D eigenvalue weighted by Gasteiger charge is -2.26. The van der Waals surface area contributed by atoms with Crippen LogP contribution in [0.1, 0.15) is 41.6 Å². The molecule has 1 aliphatic rings. The molecule has 1 amide bonds. The second kappa shape index (κ2) is 5.96. The van der Waals surface area contributed by atoms with E-state index in [-0.39, 0.29) is 5.91 Å². The zero-order valence-corrected chi connectivity index (χ0v) is 10.9. The van der Waals surface area contributed by atoms with Crippen molar-refractivity contribution in [3.63, 3.8) is 0 Å². The van der Waals surface area contributed by atoms with E-state index in [4.69, 9.17) is 5.73 Å². The Labute approximate surface area is 108 Å². The number of hydrogen-bond donors (Lipinski definition) is 2. The molecule has 18 heavy (non-hydrogen) atoms. The van der Waals surface area contributed by atoms with E-state index >= 15 is 0 Å². The van der Waals surface area contributed by atoms with E-state index in [1.54, 1.807) is 12.4 Å². The summed E-state index contributed by atoms with van der Waals surface area (Å²) in [4.78, 5) is 16.0. The van der Waals surface area contributed by atoms with Crippen molar-refractivity contribution in [3.05, 3.63) is 29.6 Å². The number of carbonyl (C=O) groups excluding carboxylic acids is 1. The molecular formula is C14H21N3O. The van der Waals surface area contributed by atoms with Gasteiger partial charge in [0.25, 0.3) is 5.91 Å². The van der Waals surface area contributed by atoms with Crippen molar-refractivity contribution >= 4 is 5.91 Å². The molecule has 0 saturated heterocycles. The molecule has 98 valence electrons. The van der Waals surface area contributed by atoms with E-state index in [1.807, 2.05) is 13.0 Å². The molecule has 0 radical (unpaired) electrons. The zero-order valence-electron chi connectivity index (χ0n) is 10.9. The minimum atomic E-state index is -0.0268. The minimum absolute atomic E-state index is 0.0268. The van der Waals surface area contributed by atoms with Crippen molar-refractivity contribution in [2.24, 2.45) is 11.7 Å². The second-order valence-electron chi connectivity index (χ2n) is 5.24. The van der Waals surface area contributed by atoms with Gasteiger partial charge < -0.3 is 11.1 Å². The van der Waals surface area contributed by atoms with Crippen molar-refractivity contribution in [1.82, 2.24) is 10.3 Å². The number of pyridine rings is 1. The van der Waals surface area contributed by atoms with Crippen LogP contribution >= 0.6 is 0 Å². The maximum Gasteiger partial charge on any atom is 0.252 e. The van der Waals surface area contributed by atoms with Crippen LogP contribution in [0, 0.1) is 12.8 Å². The second-order valence-corrected chi connectivity index (χ2v) is 5.24. The van der Waals surface area contributed by atoms with Crippen molar-refractivity contribution in [3.8, 4) is 0 Å². The van der Waals surface area contributed by atoms with Gasteiger partial charge >= 0.3 is 0 Å². The zero-order chi connectivity index (χ0) is 13.0. The molecule has 0 aliphatic heterocycles. The van der Waals surface area contributed by atoms with E-state index < -0.39 is 0 Å². The summed E-state index contributed by atoms with van der Waals surface area (Å²) in [5.41, 5.74) is 7.51. The van der Waals surface area contributed by atoms with Crippen molar-refractivity contribution < 1.29 is 4.79 Å². The monoisotopic (exact) mass is 247 g/mol. The summed E-state index contributed by atoms with van der Waals surface area (Å²) in [5.74, 6) is 0.549. The summed E-state index contributed by atoms with van der Waals surface area (Å²) in [6.45, 7) is 2.69. The van der Waals surface area contributed by atoms with Crippen molar-refractivity contribution in [1.29, 1.82) is 0 Å². The van der Waals surface area contributed by atoms with E-state index in [0.717, 1.165) is 37.8 Å². The molecule has 0 bridgehead atoms. The molecule has 1 saturated carbocycles. The van der Waals surface area contributed by atoms with Crippen LogP contribution in [0.2, 0.25) is 0 Å². The predicted molar refractivity (Wildman–Crippen MR) is 71.2 cm³/mol. The number of aryl methyl sites for hydroxylation is 1. The SMILES string of the molecule is Cc1cncc(C(=O)NCC2CCC(N)CC2)c1. The number of rotatable bonds is 3. The average molecular weight is 247 g/mol. The molecule has 1 aliphatic carbocycles. The van der Waals surface area contributed by atoms with E-state index in [1.165, 1.54) is 0 Å². The molecule has 2 rings (SSSR count). The summed E-state index contributed by atoms with van der Waals surface area (Å²) in [7, 11) is 0. The fourth-order valence-corrected chi connectivity index (χ4v) is 2.41. The summed E-state index contributed by atoms with van der Waals surface area (Å²) in [6, 6.07) is 2.22. The number of nitrogens with zero attached hydrogens (tertiary/aromatic N) is 1. The van der Waals surface area contributed by atoms with Crippen molar-refractivity contribution in [2.75, 3.05) is 6.54 Å². The van der Waals surface area contributed by atoms with Crippen LogP contribution in [-0.4, -0.2) is 23.5 Å². The molecule has 0 spiro atoms. The largest absolute Gasteiger partial charge is 0.352 e. The normalized spacial score (nSPS) is 23.7. The lowest BCUT2D eigenvalue weighted by molar-refractivity contribution is 0.0942. The maximum atomic E-state index is 11.9. The smallest absolute Gasteiger partial charge is 0.252 e. The van der Waals surface area contributed by atoms with Gasteiger partial charge in [0, 0.05) is 25.0 Å². The van der Waals surface area contributed by atoms with Gasteiger partial charge in [0.2, 0.25) is 0 Å². The molecule has 0 unspecified atom stereocenters. The summed E-state index contributed by atoms with van der Waals surface area (Å²) in [6.07, 6.45) is 7.75. The third-order valence-electron chi connectivity index (χ3n) is 3.58. The van der Waals surface area contributed by atoms with Crippen LogP contribution in [0.5, 0.6) is 0 Å². The van der Waals surface area contributed by atoms with Gasteiger partial charge in [-0.15, -0.1) is 0 Å². The van der Waals surface area contributed by atoms with Crippen LogP contribution in [0.3, 0.4) is 0 Å². The average Bonchev–Trinajstić information content (AvgIpc) is 2.38. The number of amides is 1. The van der Waals surface area contributed by atoms with Gasteiger partial charge in [0.15, 0.2) is 0 Å². The summed E-state index contributed by atoms with van der Waals surface area (Å²) in [5, 5.41) is 2.99. The number of carbonyl (C=O) groups is 1. The Morgan fingerprint density at radius 3 is 2.78 bits per heavy atom. The first-order valence-corrected chi connectivity index (χ1v) is 6.60. The maximum absolute atomic E-state index is 11.9. The number of aromatic nitrogens is 1. The molecule has 1 aromatic heterocycles. The Bertz CT molecular complexity index is 411. The Morgan fingerprint density at radius 1 is 1.39 bits per heavy atom. The van der Waals surface area contributed by atoms with Crippen LogP contribution in [0.15, 0.2) is 18.5 Å². The molecule has 4 nitrogen and oxygen atoms in total. The first-order chi connectivity index (χ1) is 8.65. The molecule has 1 fully saturated rings. The van der Waals surface area contributed by atoms with E-state index in [0.29, 0.717) is 17.5 Å². The Kier molecular flexibility index (Phi) is 4.31. The third-order valence-corrected chi connectivity index (χ3v) is 3.58. The number of hydrogen-bond acceptors (Lipinski definition) is 3. The number of nitrogens with two attached hydrogens (primary N) is 1. The highest BCUT2D eigenvalue weighted by Gasteiger charge is 2.19. The standard InChI is InChI=1S/C14H21N3O/c1-10-6-12(9-16-7-10)14(18)17-8-11-2-4-13(15)5-3-11/h6-7,9,11,13H,2-5,8,15H2,1H3,(H,17,18). The Hall–Kier alpha value is -1.42. The quantitative estimate of drug-likeness (QED) is 0.853. The number of nitrogens with one attached hydrogen (secondary N) is 1. The minimum Gasteiger partial charge on any atom is -0.352 e. The fraction of sp³-hybridized carbons (Fsp3) is 0.571. The first-order valence-electron chi connectivity index (χ1n) is 6.60. The van der Waals surface area contributed by atoms with Crippen LogP contribution in [0.25, 0.3) is 0 Å². The topological polar surface area (TPSA) is 68.0 Å². The van der Waals surface area contributed by atoms with Gasteiger partial charge in [-0.3, -0.25) is 9.78 Å². The first kappa shape index (κ1) is 13.0. The lowest BCUT2D eigenvalue weighted by atomic mass is 9.86. The van der Waals surface area contributed by atoms with Crippen LogP contribution < -0.4 is 11.1 Å². The summed E-state index contributed by atoms with van der Waals surface area (Å²) >= 11 is 0. The Morgan fingerprint density at radius 2 is 2.11 bits per heavy atom. The van der Waals surface area contributed by atoms with Crippen molar-refractivity contribution in [2.45, 2.75) is 38.6 Å². The fourth-order valence-electron chi connectivity index (χ4n) is 2.41. The van der Waals surface area contributed by atoms with Gasteiger partial charge in [-0.2, -0.15) is 0 Å². The molecular weight excluding hydrogens is 226 g/mol. The molecule has 0 aromatic carbocycles. The van der Waals surface area contributed by atoms with Gasteiger partial charge in [-0.05, 0) is 50.2 Å². The Balaban J connectivity index is 1.81. The highest BCUT2D eigenvalue weighted by atomic mass is 16.1. The van der Waals surface area contributed by atoms with Gasteiger partial charge in [-0.25, -0.2) is 0 Å². The van der Waals surface area contributed by atoms with Gasteiger partial charge in [-0.1, -0.05) is 0 Å². The predicted octanol–water partition coefficient (Wildman–Crippen LogP) is 1.64. The molecule has 0 atom stereocenters. The molecule has 1 aromatic rings. The van der Waals surface area contributed by atoms with Crippen LogP contribution in [-0.2, 0) is 0 Å². The lowest BCUT2D eigenvalue weighted by Crippen LogP contribution is -2.34. The van der Waals surface area contributed by atoms with Gasteiger partial charge in [0.05, 0.1) is 5.56 Å². The molecule has 3 N–H and O–H groups in total. The van der Waals surface area contributed by atoms with Crippen LogP contribution in [0.4, 0.5) is 0 Å². The molecule has 1 heterocycles. The van der Waals surface area contributed by atoms with E-state index in [9.17, 15) is 4.79 Å². The van der Waals surface area contributed by atoms with E-state index in [2.05, 4.69) is 10.3 Å². The third kappa shape index (κ3) is 3.53. The molecule has 4 heteroatoms. The van der Waals surface area contributed by atoms with Gasteiger partial charge in [0.1, 0.15) is 0 Å². The summed E-state index contributed by atoms with van der Waals surface area (Å²) < 4.78 is 0. The highest BCUT2D eigenvalue weighted by Crippen LogP contribution is 2.22.